The van der Waals surface area contributed by atoms with Gasteiger partial charge in [0.15, 0.2) is 23.8 Å². The van der Waals surface area contributed by atoms with E-state index in [4.69, 9.17) is 30.6 Å². The number of carboxylic acid groups (broad SMARTS) is 1. The maximum absolute atomic E-state index is 12.8. The number of nitrogens with two attached hydrogens (primary N) is 3. The third-order valence-corrected chi connectivity index (χ3v) is 10.6. The molecule has 26 nitrogen and oxygen atoms in total. The van der Waals surface area contributed by atoms with Gasteiger partial charge >= 0.3 is 43.6 Å². The topological polar surface area (TPSA) is 409 Å². The Bertz CT molecular complexity index is 2830. The number of hydrogen-bond acceptors (Lipinski definition) is 23. The lowest BCUT2D eigenvalue weighted by atomic mass is 10.1. The number of primary sulfonamides is 1. The number of aliphatic carboxylic acids is 1. The molecule has 5 rings (SSSR count). The van der Waals surface area contributed by atoms with E-state index in [0.717, 1.165) is 36.4 Å². The predicted octanol–water partition coefficient (Wildman–Crippen LogP) is 1.43. The second-order valence-corrected chi connectivity index (χ2v) is 16.1. The normalized spacial score (nSPS) is 12.6. The van der Waals surface area contributed by atoms with Crippen LogP contribution in [0.2, 0.25) is 0 Å². The van der Waals surface area contributed by atoms with Gasteiger partial charge in [-0.1, -0.05) is 12.1 Å². The van der Waals surface area contributed by atoms with E-state index in [9.17, 15) is 49.0 Å². The van der Waals surface area contributed by atoms with Gasteiger partial charge in [0.2, 0.25) is 21.9 Å². The van der Waals surface area contributed by atoms with Crippen LogP contribution in [-0.4, -0.2) is 78.9 Å². The van der Waals surface area contributed by atoms with Crippen LogP contribution >= 0.6 is 0 Å². The standard InChI is InChI=1S/C28H26N10O16S4/c1-50-19-7-6-14(57(46,47)53-29)10-17(19)32-26-34-27(36-28(35-26)51-12-22(39)40)33-18-11-15(58(48,49)54-30)8-13-9-20(52-55(42)43)24(25(41)23(13)18)38-37-16-4-2-3-5-21(16)56(31,44)45/h2-11,41H,12,29-30H2,1H3,(H,39,40)(H,42,43)(H2,31,44,45)(H2,32,33,34,35,36). The quantitative estimate of drug-likeness (QED) is 0.0372. The number of azo groups is 1. The number of rotatable bonds is 17. The minimum Gasteiger partial charge on any atom is -0.505 e. The fourth-order valence-corrected chi connectivity index (χ4v) is 6.98. The van der Waals surface area contributed by atoms with Crippen molar-refractivity contribution < 1.29 is 71.2 Å². The fourth-order valence-electron chi connectivity index (χ4n) is 4.78. The van der Waals surface area contributed by atoms with Crippen molar-refractivity contribution in [1.82, 2.24) is 15.0 Å². The molecule has 58 heavy (non-hydrogen) atoms. The Balaban J connectivity index is 1.74. The first-order valence-electron chi connectivity index (χ1n) is 15.0. The molecule has 4 aromatic carbocycles. The van der Waals surface area contributed by atoms with Crippen molar-refractivity contribution in [1.29, 1.82) is 0 Å². The van der Waals surface area contributed by atoms with Gasteiger partial charge < -0.3 is 34.5 Å². The molecule has 0 saturated carbocycles. The highest BCUT2D eigenvalue weighted by Crippen LogP contribution is 2.48. The highest BCUT2D eigenvalue weighted by molar-refractivity contribution is 7.89. The Morgan fingerprint density at radius 3 is 2.07 bits per heavy atom. The number of methoxy groups -OCH3 is 1. The third-order valence-electron chi connectivity index (χ3n) is 7.15. The minimum atomic E-state index is -4.77. The van der Waals surface area contributed by atoms with E-state index in [2.05, 4.69) is 44.4 Å². The number of fused-ring (bicyclic) bond motifs is 1. The maximum atomic E-state index is 12.8. The lowest BCUT2D eigenvalue weighted by Gasteiger charge is -2.16. The molecule has 5 aromatic rings. The molecule has 0 saturated heterocycles. The van der Waals surface area contributed by atoms with E-state index >= 15 is 0 Å². The summed E-state index contributed by atoms with van der Waals surface area (Å²) >= 11 is -3.10. The molecule has 1 unspecified atom stereocenters. The van der Waals surface area contributed by atoms with Crippen molar-refractivity contribution in [3.05, 3.63) is 60.7 Å². The van der Waals surface area contributed by atoms with E-state index in [1.807, 2.05) is 0 Å². The molecule has 308 valence electrons. The molecule has 0 aliphatic rings. The molecule has 0 aliphatic carbocycles. The summed E-state index contributed by atoms with van der Waals surface area (Å²) in [6.45, 7) is -0.989. The predicted molar refractivity (Wildman–Crippen MR) is 196 cm³/mol. The number of hydrogen-bond donors (Lipinski definition) is 8. The summed E-state index contributed by atoms with van der Waals surface area (Å²) < 4.78 is 119. The molecule has 0 fully saturated rings. The second kappa shape index (κ2) is 17.1. The monoisotopic (exact) mass is 886 g/mol. The molecular formula is C28H26N10O16S4. The Kier molecular flexibility index (Phi) is 12.7. The summed E-state index contributed by atoms with van der Waals surface area (Å²) in [7, 11) is -12.3. The van der Waals surface area contributed by atoms with Crippen molar-refractivity contribution in [3.8, 4) is 23.3 Å². The average Bonchev–Trinajstić information content (AvgIpc) is 3.16. The highest BCUT2D eigenvalue weighted by Gasteiger charge is 2.25. The molecule has 1 heterocycles. The summed E-state index contributed by atoms with van der Waals surface area (Å²) in [5.41, 5.74) is -1.59. The van der Waals surface area contributed by atoms with E-state index in [1.165, 1.54) is 31.4 Å². The van der Waals surface area contributed by atoms with Gasteiger partial charge in [0.1, 0.15) is 16.3 Å². The number of nitrogens with one attached hydrogen (secondary N) is 2. The maximum Gasteiger partial charge on any atom is 0.357 e. The Morgan fingerprint density at radius 1 is 0.845 bits per heavy atom. The van der Waals surface area contributed by atoms with Crippen molar-refractivity contribution in [3.63, 3.8) is 0 Å². The molecule has 0 bridgehead atoms. The molecule has 0 amide bonds. The van der Waals surface area contributed by atoms with Crippen LogP contribution in [0.5, 0.6) is 23.3 Å². The van der Waals surface area contributed by atoms with Crippen LogP contribution < -0.4 is 41.2 Å². The van der Waals surface area contributed by atoms with Gasteiger partial charge in [-0.2, -0.15) is 56.4 Å². The van der Waals surface area contributed by atoms with E-state index < -0.39 is 110 Å². The Hall–Kier alpha value is -6.22. The van der Waals surface area contributed by atoms with Crippen LogP contribution in [-0.2, 0) is 55.0 Å². The number of phenolic OH excluding ortho intramolecular Hbond substituents is 1. The van der Waals surface area contributed by atoms with Crippen LogP contribution in [0.1, 0.15) is 0 Å². The van der Waals surface area contributed by atoms with E-state index in [-0.39, 0.29) is 27.9 Å². The van der Waals surface area contributed by atoms with Gasteiger partial charge in [0, 0.05) is 5.39 Å². The molecule has 1 aromatic heterocycles. The average molecular weight is 887 g/mol. The SMILES string of the molecule is COc1ccc(S(=O)(=O)ON)cc1Nc1nc(Nc2cc(S(=O)(=O)ON)cc3cc(OS(=O)O)c(N=Nc4ccccc4S(N)(=O)=O)c(O)c23)nc(OCC(=O)O)n1. The lowest BCUT2D eigenvalue weighted by molar-refractivity contribution is -0.139. The van der Waals surface area contributed by atoms with Crippen LogP contribution in [0.4, 0.5) is 34.6 Å². The first-order valence-corrected chi connectivity index (χ1v) is 20.4. The summed E-state index contributed by atoms with van der Waals surface area (Å²) in [4.78, 5) is 21.8. The summed E-state index contributed by atoms with van der Waals surface area (Å²) in [5.74, 6) is 5.79. The Labute approximate surface area is 328 Å². The van der Waals surface area contributed by atoms with Gasteiger partial charge in [-0.05, 0) is 53.9 Å². The number of ether oxygens (including phenoxy) is 2. The summed E-state index contributed by atoms with van der Waals surface area (Å²) in [6, 6.07) is 10.3. The number of sulfonamides is 1. The number of anilines is 4. The van der Waals surface area contributed by atoms with Crippen LogP contribution in [0, 0.1) is 0 Å². The van der Waals surface area contributed by atoms with Gasteiger partial charge in [0.25, 0.3) is 0 Å². The van der Waals surface area contributed by atoms with Crippen molar-refractivity contribution in [2.75, 3.05) is 24.4 Å². The molecule has 30 heteroatoms. The van der Waals surface area contributed by atoms with Crippen LogP contribution in [0.25, 0.3) is 10.8 Å². The number of aromatic hydroxyl groups is 1. The molecule has 11 N–H and O–H groups in total. The zero-order valence-electron chi connectivity index (χ0n) is 28.7. The zero-order valence-corrected chi connectivity index (χ0v) is 32.0. The smallest absolute Gasteiger partial charge is 0.357 e. The molecular weight excluding hydrogens is 861 g/mol. The first kappa shape index (κ1) is 42.9. The third kappa shape index (κ3) is 9.83. The van der Waals surface area contributed by atoms with E-state index in [0.29, 0.717) is 0 Å². The number of benzene rings is 4. The van der Waals surface area contributed by atoms with E-state index in [1.54, 1.807) is 0 Å². The molecule has 0 radical (unpaired) electrons. The summed E-state index contributed by atoms with van der Waals surface area (Å²) in [6.07, 6.45) is 0. The van der Waals surface area contributed by atoms with Crippen molar-refractivity contribution >= 4 is 93.0 Å². The number of carboxylic acids is 1. The molecule has 1 atom stereocenters. The number of nitrogens with zero attached hydrogens (tertiary/aromatic N) is 5. The second-order valence-electron chi connectivity index (χ2n) is 10.8. The fraction of sp³-hybridized carbons (Fsp3) is 0.0714. The molecule has 0 aliphatic heterocycles. The largest absolute Gasteiger partial charge is 0.505 e. The Morgan fingerprint density at radius 2 is 1.47 bits per heavy atom. The van der Waals surface area contributed by atoms with Gasteiger partial charge in [0.05, 0.1) is 28.3 Å². The zero-order chi connectivity index (χ0) is 42.6. The molecule has 0 spiro atoms. The minimum absolute atomic E-state index is 0.0183. The van der Waals surface area contributed by atoms with Gasteiger partial charge in [-0.3, -0.25) is 4.55 Å². The number of phenols is 1. The number of aromatic nitrogens is 3. The summed E-state index contributed by atoms with van der Waals surface area (Å²) in [5, 5.41) is 38.4. The van der Waals surface area contributed by atoms with Crippen LogP contribution in [0.3, 0.4) is 0 Å². The van der Waals surface area contributed by atoms with Crippen LogP contribution in [0.15, 0.2) is 85.6 Å². The van der Waals surface area contributed by atoms with Crippen molar-refractivity contribution in [2.24, 2.45) is 27.2 Å². The highest BCUT2D eigenvalue weighted by atomic mass is 32.2. The first-order chi connectivity index (χ1) is 27.3. The van der Waals surface area contributed by atoms with Gasteiger partial charge in [-0.25, -0.2) is 18.4 Å². The number of carbonyl (C=O) groups is 1. The lowest BCUT2D eigenvalue weighted by Crippen LogP contribution is -2.14. The van der Waals surface area contributed by atoms with Gasteiger partial charge in [-0.15, -0.1) is 10.2 Å². The van der Waals surface area contributed by atoms with Crippen molar-refractivity contribution in [2.45, 2.75) is 14.7 Å².